The summed E-state index contributed by atoms with van der Waals surface area (Å²) in [5, 5.41) is 9.00. The van der Waals surface area contributed by atoms with Crippen LogP contribution in [0.3, 0.4) is 0 Å². The zero-order chi connectivity index (χ0) is 15.3. The van der Waals surface area contributed by atoms with Crippen molar-refractivity contribution >= 4 is 16.0 Å². The number of carboxylic acid groups (broad SMARTS) is 1. The van der Waals surface area contributed by atoms with E-state index < -0.39 is 22.0 Å². The van der Waals surface area contributed by atoms with Crippen LogP contribution < -0.4 is 4.74 Å². The fourth-order valence-electron chi connectivity index (χ4n) is 1.80. The van der Waals surface area contributed by atoms with Crippen LogP contribution in [0.5, 0.6) is 5.75 Å². The smallest absolute Gasteiger partial charge is 0.321 e. The average Bonchev–Trinajstić information content (AvgIpc) is 2.39. The van der Waals surface area contributed by atoms with E-state index in [-0.39, 0.29) is 11.4 Å². The molecule has 1 N–H and O–H groups in total. The van der Waals surface area contributed by atoms with Crippen molar-refractivity contribution in [2.45, 2.75) is 31.7 Å². The number of carboxylic acids is 1. The molecule has 0 saturated heterocycles. The first-order chi connectivity index (χ1) is 9.34. The first-order valence-electron chi connectivity index (χ1n) is 6.32. The van der Waals surface area contributed by atoms with Gasteiger partial charge in [0.05, 0.1) is 11.5 Å². The second-order valence-electron chi connectivity index (χ2n) is 4.13. The summed E-state index contributed by atoms with van der Waals surface area (Å²) in [6.45, 7) is 5.24. The molecule has 0 heterocycles. The van der Waals surface area contributed by atoms with E-state index >= 15 is 0 Å². The van der Waals surface area contributed by atoms with Crippen LogP contribution in [0.2, 0.25) is 0 Å². The molecule has 0 aliphatic rings. The van der Waals surface area contributed by atoms with Gasteiger partial charge in [-0.3, -0.25) is 4.79 Å². The number of aliphatic carboxylic acids is 1. The van der Waals surface area contributed by atoms with Gasteiger partial charge in [0, 0.05) is 12.6 Å². The average molecular weight is 301 g/mol. The van der Waals surface area contributed by atoms with Crippen LogP contribution in [-0.2, 0) is 14.8 Å². The van der Waals surface area contributed by atoms with E-state index in [9.17, 15) is 13.2 Å². The summed E-state index contributed by atoms with van der Waals surface area (Å²) in [6, 6.07) is 4.92. The Bertz CT molecular complexity index is 570. The van der Waals surface area contributed by atoms with Gasteiger partial charge in [0.25, 0.3) is 0 Å². The van der Waals surface area contributed by atoms with Crippen molar-refractivity contribution < 1.29 is 23.1 Å². The third-order valence-electron chi connectivity index (χ3n) is 2.82. The van der Waals surface area contributed by atoms with Crippen molar-refractivity contribution in [1.82, 2.24) is 4.31 Å². The Kier molecular flexibility index (Phi) is 5.52. The molecule has 20 heavy (non-hydrogen) atoms. The summed E-state index contributed by atoms with van der Waals surface area (Å²) < 4.78 is 31.2. The lowest BCUT2D eigenvalue weighted by Crippen LogP contribution is -2.42. The molecule has 0 radical (unpaired) electrons. The Balaban J connectivity index is 3.20. The molecule has 0 aliphatic carbocycles. The highest BCUT2D eigenvalue weighted by molar-refractivity contribution is 7.89. The van der Waals surface area contributed by atoms with E-state index in [4.69, 9.17) is 9.84 Å². The first kappa shape index (κ1) is 16.5. The normalized spacial score (nSPS) is 13.2. The summed E-state index contributed by atoms with van der Waals surface area (Å²) in [4.78, 5) is 11.0. The van der Waals surface area contributed by atoms with Gasteiger partial charge >= 0.3 is 5.97 Å². The number of likely N-dealkylation sites (N-methyl/N-ethyl adjacent to an activating group) is 1. The predicted molar refractivity (Wildman–Crippen MR) is 74.3 cm³/mol. The molecular formula is C13H19NO5S. The van der Waals surface area contributed by atoms with Gasteiger partial charge in [-0.1, -0.05) is 13.0 Å². The summed E-state index contributed by atoms with van der Waals surface area (Å²) in [5.74, 6) is -0.746. The maximum Gasteiger partial charge on any atom is 0.321 e. The van der Waals surface area contributed by atoms with Gasteiger partial charge in [0.1, 0.15) is 11.8 Å². The Morgan fingerprint density at radius 2 is 2.05 bits per heavy atom. The summed E-state index contributed by atoms with van der Waals surface area (Å²) in [5.41, 5.74) is 0. The highest BCUT2D eigenvalue weighted by atomic mass is 32.2. The van der Waals surface area contributed by atoms with Gasteiger partial charge in [-0.15, -0.1) is 0 Å². The molecule has 7 heteroatoms. The lowest BCUT2D eigenvalue weighted by molar-refractivity contribution is -0.140. The van der Waals surface area contributed by atoms with Crippen molar-refractivity contribution in [2.75, 3.05) is 13.2 Å². The van der Waals surface area contributed by atoms with E-state index in [1.54, 1.807) is 26.0 Å². The number of hydrogen-bond donors (Lipinski definition) is 1. The molecule has 1 atom stereocenters. The standard InChI is InChI=1S/C13H19NO5S/c1-4-14(10(3)13(15)16)20(17,18)12-8-6-7-11(9-12)19-5-2/h6-10H,4-5H2,1-3H3,(H,15,16). The molecule has 0 amide bonds. The lowest BCUT2D eigenvalue weighted by Gasteiger charge is -2.24. The van der Waals surface area contributed by atoms with Gasteiger partial charge in [0.2, 0.25) is 10.0 Å². The molecular weight excluding hydrogens is 282 g/mol. The Hall–Kier alpha value is -1.60. The third kappa shape index (κ3) is 3.49. The van der Waals surface area contributed by atoms with Crippen LogP contribution in [0, 0.1) is 0 Å². The molecule has 112 valence electrons. The molecule has 0 fully saturated rings. The first-order valence-corrected chi connectivity index (χ1v) is 7.76. The summed E-state index contributed by atoms with van der Waals surface area (Å²) >= 11 is 0. The summed E-state index contributed by atoms with van der Waals surface area (Å²) in [7, 11) is -3.86. The van der Waals surface area contributed by atoms with Crippen LogP contribution in [0.1, 0.15) is 20.8 Å². The van der Waals surface area contributed by atoms with Crippen LogP contribution in [0.25, 0.3) is 0 Å². The second-order valence-corrected chi connectivity index (χ2v) is 6.02. The molecule has 0 aromatic heterocycles. The minimum atomic E-state index is -3.86. The van der Waals surface area contributed by atoms with Crippen molar-refractivity contribution in [2.24, 2.45) is 0 Å². The zero-order valence-electron chi connectivity index (χ0n) is 11.7. The molecule has 0 spiro atoms. The summed E-state index contributed by atoms with van der Waals surface area (Å²) in [6.07, 6.45) is 0. The lowest BCUT2D eigenvalue weighted by atomic mass is 10.3. The molecule has 0 aliphatic heterocycles. The van der Waals surface area contributed by atoms with Crippen molar-refractivity contribution in [3.8, 4) is 5.75 Å². The largest absolute Gasteiger partial charge is 0.494 e. The zero-order valence-corrected chi connectivity index (χ0v) is 12.6. The maximum atomic E-state index is 12.5. The van der Waals surface area contributed by atoms with Crippen LogP contribution >= 0.6 is 0 Å². The second kappa shape index (κ2) is 6.71. The van der Waals surface area contributed by atoms with Gasteiger partial charge < -0.3 is 9.84 Å². The van der Waals surface area contributed by atoms with Crippen molar-refractivity contribution in [3.05, 3.63) is 24.3 Å². The van der Waals surface area contributed by atoms with Gasteiger partial charge in [0.15, 0.2) is 0 Å². The molecule has 0 saturated carbocycles. The van der Waals surface area contributed by atoms with Crippen LogP contribution in [-0.4, -0.2) is 43.0 Å². The van der Waals surface area contributed by atoms with E-state index in [1.807, 2.05) is 0 Å². The molecule has 1 unspecified atom stereocenters. The number of rotatable bonds is 7. The number of carbonyl (C=O) groups is 1. The predicted octanol–water partition coefficient (Wildman–Crippen LogP) is 1.57. The van der Waals surface area contributed by atoms with Crippen LogP contribution in [0.15, 0.2) is 29.2 Å². The monoisotopic (exact) mass is 301 g/mol. The van der Waals surface area contributed by atoms with Crippen molar-refractivity contribution in [1.29, 1.82) is 0 Å². The topological polar surface area (TPSA) is 83.9 Å². The highest BCUT2D eigenvalue weighted by Gasteiger charge is 2.31. The van der Waals surface area contributed by atoms with Gasteiger partial charge in [-0.25, -0.2) is 8.42 Å². The number of benzene rings is 1. The van der Waals surface area contributed by atoms with Gasteiger partial charge in [-0.2, -0.15) is 4.31 Å². The van der Waals surface area contributed by atoms with Crippen LogP contribution in [0.4, 0.5) is 0 Å². The molecule has 6 nitrogen and oxygen atoms in total. The fraction of sp³-hybridized carbons (Fsp3) is 0.462. The maximum absolute atomic E-state index is 12.5. The quantitative estimate of drug-likeness (QED) is 0.826. The Morgan fingerprint density at radius 3 is 2.55 bits per heavy atom. The molecule has 1 rings (SSSR count). The fourth-order valence-corrected chi connectivity index (χ4v) is 3.43. The number of sulfonamides is 1. The molecule has 1 aromatic rings. The number of ether oxygens (including phenoxy) is 1. The van der Waals surface area contributed by atoms with E-state index in [1.165, 1.54) is 19.1 Å². The minimum absolute atomic E-state index is 0.0263. The molecule has 1 aromatic carbocycles. The van der Waals surface area contributed by atoms with Crippen molar-refractivity contribution in [3.63, 3.8) is 0 Å². The SMILES string of the molecule is CCOc1cccc(S(=O)(=O)N(CC)C(C)C(=O)O)c1. The van der Waals surface area contributed by atoms with Gasteiger partial charge in [-0.05, 0) is 26.0 Å². The molecule has 0 bridgehead atoms. The Morgan fingerprint density at radius 1 is 1.40 bits per heavy atom. The van der Waals surface area contributed by atoms with E-state index in [2.05, 4.69) is 0 Å². The van der Waals surface area contributed by atoms with E-state index in [0.717, 1.165) is 4.31 Å². The highest BCUT2D eigenvalue weighted by Crippen LogP contribution is 2.22. The number of nitrogens with zero attached hydrogens (tertiary/aromatic N) is 1. The van der Waals surface area contributed by atoms with E-state index in [0.29, 0.717) is 12.4 Å². The third-order valence-corrected chi connectivity index (χ3v) is 4.87. The number of hydrogen-bond acceptors (Lipinski definition) is 4. The minimum Gasteiger partial charge on any atom is -0.494 e. The Labute approximate surface area is 119 Å².